The molecule has 5 heteroatoms. The summed E-state index contributed by atoms with van der Waals surface area (Å²) in [4.78, 5) is 13.1. The largest absolute Gasteiger partial charge is 0.349 e. The van der Waals surface area contributed by atoms with Crippen molar-refractivity contribution in [2.75, 3.05) is 20.1 Å². The summed E-state index contributed by atoms with van der Waals surface area (Å²) in [5.74, 6) is -5.23. The molecule has 0 aromatic heterocycles. The van der Waals surface area contributed by atoms with Gasteiger partial charge in [-0.25, -0.2) is 0 Å². The number of amides is 1. The van der Waals surface area contributed by atoms with E-state index >= 15 is 0 Å². The number of carbonyl (C=O) groups is 1. The number of rotatable bonds is 3. The Balaban J connectivity index is 2.61. The van der Waals surface area contributed by atoms with Crippen LogP contribution in [0, 0.1) is 5.92 Å². The smallest absolute Gasteiger partial charge is 0.328 e. The maximum Gasteiger partial charge on any atom is 0.328 e. The van der Waals surface area contributed by atoms with Crippen LogP contribution in [0.2, 0.25) is 0 Å². The molecule has 0 radical (unpaired) electrons. The highest BCUT2D eigenvalue weighted by atomic mass is 19.3. The molecule has 0 aromatic rings. The van der Waals surface area contributed by atoms with Crippen molar-refractivity contribution in [2.45, 2.75) is 32.2 Å². The highest BCUT2D eigenvalue weighted by Gasteiger charge is 2.49. The second-order valence-corrected chi connectivity index (χ2v) is 4.50. The number of carbonyl (C=O) groups excluding carboxylic acids is 1. The summed E-state index contributed by atoms with van der Waals surface area (Å²) in [6.07, 6.45) is 0.384. The van der Waals surface area contributed by atoms with Crippen LogP contribution >= 0.6 is 0 Å². The van der Waals surface area contributed by atoms with Crippen LogP contribution < -0.4 is 5.32 Å². The third-order valence-corrected chi connectivity index (χ3v) is 2.63. The predicted octanol–water partition coefficient (Wildman–Crippen LogP) is 1.10. The van der Waals surface area contributed by atoms with Crippen LogP contribution in [-0.2, 0) is 4.79 Å². The maximum absolute atomic E-state index is 13.6. The number of alkyl halides is 2. The van der Waals surface area contributed by atoms with Crippen molar-refractivity contribution in [1.82, 2.24) is 10.2 Å². The van der Waals surface area contributed by atoms with Gasteiger partial charge in [-0.15, -0.1) is 0 Å². The van der Waals surface area contributed by atoms with Gasteiger partial charge < -0.3 is 10.2 Å². The average molecular weight is 220 g/mol. The summed E-state index contributed by atoms with van der Waals surface area (Å²) in [6, 6.07) is -0.248. The first-order valence-electron chi connectivity index (χ1n) is 5.21. The van der Waals surface area contributed by atoms with E-state index in [0.717, 1.165) is 0 Å². The van der Waals surface area contributed by atoms with Crippen LogP contribution in [0.1, 0.15) is 20.3 Å². The lowest BCUT2D eigenvalue weighted by atomic mass is 9.99. The quantitative estimate of drug-likeness (QED) is 0.772. The molecular formula is C10H18F2N2O. The highest BCUT2D eigenvalue weighted by molar-refractivity contribution is 5.84. The van der Waals surface area contributed by atoms with Gasteiger partial charge in [-0.3, -0.25) is 4.79 Å². The van der Waals surface area contributed by atoms with Gasteiger partial charge in [0.05, 0.1) is 0 Å². The monoisotopic (exact) mass is 220 g/mol. The van der Waals surface area contributed by atoms with Gasteiger partial charge in [-0.05, 0) is 33.9 Å². The minimum atomic E-state index is -3.24. The molecule has 1 saturated heterocycles. The molecule has 1 fully saturated rings. The summed E-state index contributed by atoms with van der Waals surface area (Å²) in [5, 5.41) is 2.27. The summed E-state index contributed by atoms with van der Waals surface area (Å²) in [7, 11) is 1.79. The maximum atomic E-state index is 13.6. The van der Waals surface area contributed by atoms with E-state index in [0.29, 0.717) is 19.5 Å². The van der Waals surface area contributed by atoms with Gasteiger partial charge in [-0.1, -0.05) is 0 Å². The number of nitrogens with zero attached hydrogens (tertiary/aromatic N) is 1. The Kier molecular flexibility index (Phi) is 3.65. The van der Waals surface area contributed by atoms with Crippen LogP contribution in [-0.4, -0.2) is 42.9 Å². The molecule has 1 amide bonds. The summed E-state index contributed by atoms with van der Waals surface area (Å²) < 4.78 is 27.2. The minimum absolute atomic E-state index is 0.248. The van der Waals surface area contributed by atoms with Gasteiger partial charge in [0.2, 0.25) is 0 Å². The lowest BCUT2D eigenvalue weighted by molar-refractivity contribution is -0.153. The highest BCUT2D eigenvalue weighted by Crippen LogP contribution is 2.32. The Morgan fingerprint density at radius 2 is 2.13 bits per heavy atom. The zero-order valence-electron chi connectivity index (χ0n) is 9.39. The van der Waals surface area contributed by atoms with Crippen LogP contribution in [0.5, 0.6) is 0 Å². The van der Waals surface area contributed by atoms with Crippen molar-refractivity contribution in [1.29, 1.82) is 0 Å². The van der Waals surface area contributed by atoms with E-state index in [9.17, 15) is 13.6 Å². The van der Waals surface area contributed by atoms with Gasteiger partial charge >= 0.3 is 5.92 Å². The molecule has 15 heavy (non-hydrogen) atoms. The fourth-order valence-corrected chi connectivity index (χ4v) is 1.77. The number of hydrogen-bond acceptors (Lipinski definition) is 2. The molecule has 1 rings (SSSR count). The lowest BCUT2D eigenvalue weighted by Crippen LogP contribution is -2.48. The van der Waals surface area contributed by atoms with E-state index in [-0.39, 0.29) is 6.04 Å². The van der Waals surface area contributed by atoms with E-state index in [4.69, 9.17) is 0 Å². The van der Waals surface area contributed by atoms with Gasteiger partial charge in [0, 0.05) is 18.5 Å². The predicted molar refractivity (Wildman–Crippen MR) is 53.8 cm³/mol. The normalized spacial score (nSPS) is 23.5. The van der Waals surface area contributed by atoms with Crippen molar-refractivity contribution >= 4 is 5.91 Å². The Morgan fingerprint density at radius 3 is 2.53 bits per heavy atom. The first-order chi connectivity index (χ1) is 6.84. The number of likely N-dealkylation sites (tertiary alicyclic amines) is 1. The average Bonchev–Trinajstić information content (AvgIpc) is 2.50. The summed E-state index contributed by atoms with van der Waals surface area (Å²) in [5.41, 5.74) is 0. The number of halogens is 2. The molecule has 1 aliphatic rings. The Labute approximate surface area is 88.8 Å². The molecule has 0 aliphatic carbocycles. The zero-order chi connectivity index (χ0) is 11.6. The molecule has 0 spiro atoms. The topological polar surface area (TPSA) is 32.3 Å². The molecule has 1 aliphatic heterocycles. The molecule has 0 saturated carbocycles. The molecule has 1 N–H and O–H groups in total. The van der Waals surface area contributed by atoms with Crippen molar-refractivity contribution in [3.05, 3.63) is 0 Å². The molecular weight excluding hydrogens is 202 g/mol. The van der Waals surface area contributed by atoms with Gasteiger partial charge in [0.25, 0.3) is 5.91 Å². The second kappa shape index (κ2) is 4.43. The minimum Gasteiger partial charge on any atom is -0.349 e. The second-order valence-electron chi connectivity index (χ2n) is 4.50. The van der Waals surface area contributed by atoms with Crippen molar-refractivity contribution in [3.8, 4) is 0 Å². The molecule has 1 unspecified atom stereocenters. The van der Waals surface area contributed by atoms with E-state index in [1.165, 1.54) is 0 Å². The fraction of sp³-hybridized carbons (Fsp3) is 0.900. The first-order valence-corrected chi connectivity index (χ1v) is 5.21. The molecule has 3 nitrogen and oxygen atoms in total. The van der Waals surface area contributed by atoms with Gasteiger partial charge in [-0.2, -0.15) is 8.78 Å². The van der Waals surface area contributed by atoms with Gasteiger partial charge in [0.15, 0.2) is 0 Å². The summed E-state index contributed by atoms with van der Waals surface area (Å²) in [6.45, 7) is 4.28. The molecule has 88 valence electrons. The Hall–Kier alpha value is -0.710. The molecule has 0 aromatic carbocycles. The Bertz CT molecular complexity index is 244. The summed E-state index contributed by atoms with van der Waals surface area (Å²) >= 11 is 0. The van der Waals surface area contributed by atoms with Gasteiger partial charge in [0.1, 0.15) is 0 Å². The van der Waals surface area contributed by atoms with Crippen LogP contribution in [0.3, 0.4) is 0 Å². The van der Waals surface area contributed by atoms with Crippen LogP contribution in [0.4, 0.5) is 8.78 Å². The van der Waals surface area contributed by atoms with E-state index in [1.54, 1.807) is 20.9 Å². The Morgan fingerprint density at radius 1 is 1.53 bits per heavy atom. The van der Waals surface area contributed by atoms with E-state index in [1.807, 2.05) is 4.90 Å². The third kappa shape index (κ3) is 2.87. The van der Waals surface area contributed by atoms with Crippen molar-refractivity contribution < 1.29 is 13.6 Å². The van der Waals surface area contributed by atoms with E-state index in [2.05, 4.69) is 5.32 Å². The standard InChI is InChI=1S/C10H18F2N2O/c1-7(2)13-9(15)10(11,12)8-4-5-14(3)6-8/h7-8H,4-6H2,1-3H3,(H,13,15). The molecule has 1 heterocycles. The zero-order valence-corrected chi connectivity index (χ0v) is 9.39. The van der Waals surface area contributed by atoms with Crippen molar-refractivity contribution in [2.24, 2.45) is 5.92 Å². The SMILES string of the molecule is CC(C)NC(=O)C(F)(F)C1CCN(C)C1. The first kappa shape index (κ1) is 12.4. The number of hydrogen-bond donors (Lipinski definition) is 1. The fourth-order valence-electron chi connectivity index (χ4n) is 1.77. The lowest BCUT2D eigenvalue weighted by Gasteiger charge is -2.23. The van der Waals surface area contributed by atoms with E-state index < -0.39 is 17.7 Å². The van der Waals surface area contributed by atoms with Crippen molar-refractivity contribution in [3.63, 3.8) is 0 Å². The van der Waals surface area contributed by atoms with Crippen LogP contribution in [0.25, 0.3) is 0 Å². The molecule has 1 atom stereocenters. The molecule has 0 bridgehead atoms. The van der Waals surface area contributed by atoms with Crippen LogP contribution in [0.15, 0.2) is 0 Å². The number of nitrogens with one attached hydrogen (secondary N) is 1. The third-order valence-electron chi connectivity index (χ3n) is 2.63.